The minimum Gasteiger partial charge on any atom is -0.480 e. The van der Waals surface area contributed by atoms with Crippen LogP contribution in [-0.4, -0.2) is 81.8 Å². The van der Waals surface area contributed by atoms with Gasteiger partial charge in [0.1, 0.15) is 18.7 Å². The maximum absolute atomic E-state index is 13.4. The number of amides is 2. The fourth-order valence-electron chi connectivity index (χ4n) is 4.55. The maximum Gasteiger partial charge on any atom is 0.407 e. The van der Waals surface area contributed by atoms with Gasteiger partial charge in [-0.05, 0) is 61.1 Å². The van der Waals surface area contributed by atoms with E-state index in [1.165, 1.54) is 16.7 Å². The van der Waals surface area contributed by atoms with Crippen molar-refractivity contribution >= 4 is 47.3 Å². The number of likely N-dealkylation sites (tertiary alicyclic amines) is 1. The summed E-state index contributed by atoms with van der Waals surface area (Å²) in [5, 5.41) is 25.7. The van der Waals surface area contributed by atoms with Crippen molar-refractivity contribution in [3.8, 4) is 0 Å². The summed E-state index contributed by atoms with van der Waals surface area (Å²) in [4.78, 5) is 50.5. The number of carboxylic acids is 2. The van der Waals surface area contributed by atoms with Crippen LogP contribution >= 0.6 is 23.4 Å². The lowest BCUT2D eigenvalue weighted by atomic mass is 10.0. The molecule has 1 aliphatic rings. The average Bonchev–Trinajstić information content (AvgIpc) is 3.46. The number of nitrogens with zero attached hydrogens (tertiary/aromatic N) is 1. The predicted octanol–water partition coefficient (Wildman–Crippen LogP) is 3.81. The van der Waals surface area contributed by atoms with Gasteiger partial charge in [-0.15, -0.1) is 0 Å². The number of nitrogens with one attached hydrogen (secondary N) is 2. The monoisotopic (exact) mass is 605 g/mol. The Hall–Kier alpha value is -3.28. The largest absolute Gasteiger partial charge is 0.480 e. The van der Waals surface area contributed by atoms with Gasteiger partial charge in [0.2, 0.25) is 5.91 Å². The van der Waals surface area contributed by atoms with Crippen LogP contribution in [0.2, 0.25) is 5.02 Å². The third kappa shape index (κ3) is 10.9. The van der Waals surface area contributed by atoms with Crippen molar-refractivity contribution in [3.05, 3.63) is 70.7 Å². The first-order valence-corrected chi connectivity index (χ1v) is 15.1. The molecule has 41 heavy (non-hydrogen) atoms. The van der Waals surface area contributed by atoms with E-state index in [1.54, 1.807) is 12.1 Å². The van der Waals surface area contributed by atoms with E-state index < -0.39 is 42.1 Å². The summed E-state index contributed by atoms with van der Waals surface area (Å²) in [5.41, 5.74) is 1.80. The summed E-state index contributed by atoms with van der Waals surface area (Å²) in [6.07, 6.45) is 1.43. The molecule has 0 aromatic heterocycles. The Morgan fingerprint density at radius 2 is 1.71 bits per heavy atom. The molecule has 1 unspecified atom stereocenters. The normalized spacial score (nSPS) is 16.1. The van der Waals surface area contributed by atoms with Crippen LogP contribution in [0.25, 0.3) is 0 Å². The van der Waals surface area contributed by atoms with Crippen molar-refractivity contribution in [2.75, 3.05) is 24.6 Å². The van der Waals surface area contributed by atoms with Gasteiger partial charge in [-0.25, -0.2) is 9.59 Å². The molecule has 2 amide bonds. The third-order valence-corrected chi connectivity index (χ3v) is 8.00. The first-order chi connectivity index (χ1) is 19.7. The number of hydrogen-bond donors (Lipinski definition) is 4. The van der Waals surface area contributed by atoms with E-state index in [0.29, 0.717) is 55.3 Å². The van der Waals surface area contributed by atoms with Crippen LogP contribution in [0.1, 0.15) is 36.8 Å². The molecule has 3 atom stereocenters. The van der Waals surface area contributed by atoms with Crippen LogP contribution in [0.3, 0.4) is 0 Å². The lowest BCUT2D eigenvalue weighted by Gasteiger charge is -2.29. The van der Waals surface area contributed by atoms with Crippen molar-refractivity contribution in [3.63, 3.8) is 0 Å². The highest BCUT2D eigenvalue weighted by atomic mass is 35.5. The number of carbonyl (C=O) groups excluding carboxylic acids is 2. The summed E-state index contributed by atoms with van der Waals surface area (Å²) in [5.74, 6) is -1.50. The fraction of sp³-hybridized carbons (Fsp3) is 0.448. The second kappa shape index (κ2) is 16.9. The zero-order chi connectivity index (χ0) is 29.6. The average molecular weight is 606 g/mol. The number of alkyl carbamates (subject to hydrolysis) is 1. The molecule has 0 saturated carbocycles. The molecule has 2 aromatic carbocycles. The molecule has 2 aromatic rings. The third-order valence-electron chi connectivity index (χ3n) is 6.73. The van der Waals surface area contributed by atoms with E-state index in [9.17, 15) is 29.4 Å². The van der Waals surface area contributed by atoms with Crippen LogP contribution < -0.4 is 10.6 Å². The molecule has 12 heteroatoms. The number of carbonyl (C=O) groups is 4. The minimum absolute atomic E-state index is 0.172. The first-order valence-electron chi connectivity index (χ1n) is 13.5. The molecular formula is C29H36ClN3O7S. The Bertz CT molecular complexity index is 1150. The fourth-order valence-corrected chi connectivity index (χ4v) is 5.53. The molecule has 4 N–H and O–H groups in total. The van der Waals surface area contributed by atoms with Gasteiger partial charge in [0.05, 0.1) is 6.04 Å². The number of ether oxygens (including phenoxy) is 1. The Morgan fingerprint density at radius 3 is 2.39 bits per heavy atom. The number of aryl methyl sites for hydroxylation is 1. The highest BCUT2D eigenvalue weighted by molar-refractivity contribution is 7.99. The molecule has 0 radical (unpaired) electrons. The molecular weight excluding hydrogens is 570 g/mol. The highest BCUT2D eigenvalue weighted by Crippen LogP contribution is 2.21. The summed E-state index contributed by atoms with van der Waals surface area (Å²) >= 11 is 7.43. The molecule has 1 fully saturated rings. The molecule has 1 aliphatic heterocycles. The van der Waals surface area contributed by atoms with Crippen LogP contribution in [0, 0.1) is 0 Å². The van der Waals surface area contributed by atoms with Gasteiger partial charge in [0.15, 0.2) is 0 Å². The van der Waals surface area contributed by atoms with Gasteiger partial charge in [-0.2, -0.15) is 11.8 Å². The number of aliphatic carboxylic acids is 2. The Labute approximate surface area is 248 Å². The second-order valence-corrected chi connectivity index (χ2v) is 11.4. The Kier molecular flexibility index (Phi) is 13.3. The summed E-state index contributed by atoms with van der Waals surface area (Å²) < 4.78 is 5.19. The number of halogens is 1. The van der Waals surface area contributed by atoms with E-state index in [4.69, 9.17) is 16.3 Å². The molecule has 0 aliphatic carbocycles. The quantitative estimate of drug-likeness (QED) is 0.210. The first kappa shape index (κ1) is 32.2. The highest BCUT2D eigenvalue weighted by Gasteiger charge is 2.38. The van der Waals surface area contributed by atoms with E-state index in [1.807, 2.05) is 42.5 Å². The molecule has 1 saturated heterocycles. The number of hydrogen-bond acceptors (Lipinski definition) is 7. The van der Waals surface area contributed by atoms with Crippen LogP contribution in [0.4, 0.5) is 4.79 Å². The van der Waals surface area contributed by atoms with Crippen LogP contribution in [0.5, 0.6) is 0 Å². The number of benzene rings is 2. The number of thioether (sulfide) groups is 1. The summed E-state index contributed by atoms with van der Waals surface area (Å²) in [7, 11) is 0. The molecule has 222 valence electrons. The van der Waals surface area contributed by atoms with Gasteiger partial charge < -0.3 is 25.2 Å². The number of carboxylic acid groups (broad SMARTS) is 2. The maximum atomic E-state index is 13.4. The van der Waals surface area contributed by atoms with Crippen molar-refractivity contribution in [2.24, 2.45) is 0 Å². The summed E-state index contributed by atoms with van der Waals surface area (Å²) in [6, 6.07) is 13.7. The van der Waals surface area contributed by atoms with Gasteiger partial charge in [0, 0.05) is 23.9 Å². The lowest BCUT2D eigenvalue weighted by Crippen LogP contribution is -2.54. The smallest absolute Gasteiger partial charge is 0.407 e. The zero-order valence-corrected chi connectivity index (χ0v) is 24.2. The molecule has 10 nitrogen and oxygen atoms in total. The SMILES string of the molecule is O=C(NCCSCC[C@H](NC(CCc1ccc(Cl)cc1)C(=O)O)C(=O)N1CCC[C@H]1C(=O)O)OCc1ccccc1. The Morgan fingerprint density at radius 1 is 0.976 bits per heavy atom. The topological polar surface area (TPSA) is 145 Å². The molecule has 1 heterocycles. The minimum atomic E-state index is -1.08. The standard InChI is InChI=1S/C29H36ClN3O7S/c30-22-11-8-20(9-12-22)10-13-24(27(35)36)32-23(26(34)33-16-4-7-25(33)28(37)38)14-17-41-18-15-31-29(39)40-19-21-5-2-1-3-6-21/h1-3,5-6,8-9,11-12,23-25,32H,4,7,10,13-19H2,(H,31,39)(H,35,36)(H,37,38)/t23-,24?,25-/m0/s1. The van der Waals surface area contributed by atoms with Crippen LogP contribution in [0.15, 0.2) is 54.6 Å². The van der Waals surface area contributed by atoms with Crippen molar-refractivity contribution < 1.29 is 34.1 Å². The molecule has 3 rings (SSSR count). The second-order valence-electron chi connectivity index (χ2n) is 9.69. The van der Waals surface area contributed by atoms with Crippen molar-refractivity contribution in [1.82, 2.24) is 15.5 Å². The number of rotatable bonds is 16. The Balaban J connectivity index is 1.51. The van der Waals surface area contributed by atoms with Gasteiger partial charge in [0.25, 0.3) is 0 Å². The van der Waals surface area contributed by atoms with E-state index in [2.05, 4.69) is 10.6 Å². The van der Waals surface area contributed by atoms with Gasteiger partial charge >= 0.3 is 18.0 Å². The molecule has 0 spiro atoms. The van der Waals surface area contributed by atoms with E-state index >= 15 is 0 Å². The van der Waals surface area contributed by atoms with Crippen molar-refractivity contribution in [1.29, 1.82) is 0 Å². The van der Waals surface area contributed by atoms with E-state index in [0.717, 1.165) is 11.1 Å². The predicted molar refractivity (Wildman–Crippen MR) is 157 cm³/mol. The van der Waals surface area contributed by atoms with Gasteiger partial charge in [-0.1, -0.05) is 54.1 Å². The van der Waals surface area contributed by atoms with Crippen LogP contribution in [-0.2, 0) is 32.1 Å². The van der Waals surface area contributed by atoms with Crippen molar-refractivity contribution in [2.45, 2.75) is 56.8 Å². The zero-order valence-electron chi connectivity index (χ0n) is 22.7. The van der Waals surface area contributed by atoms with Gasteiger partial charge in [-0.3, -0.25) is 14.9 Å². The molecule has 0 bridgehead atoms. The summed E-state index contributed by atoms with van der Waals surface area (Å²) in [6.45, 7) is 0.848. The van der Waals surface area contributed by atoms with E-state index in [-0.39, 0.29) is 13.0 Å². The lowest BCUT2D eigenvalue weighted by molar-refractivity contribution is -0.149.